The summed E-state index contributed by atoms with van der Waals surface area (Å²) in [7, 11) is 0. The smallest absolute Gasteiger partial charge is 0.323 e. The summed E-state index contributed by atoms with van der Waals surface area (Å²) in [5.74, 6) is -1.03. The van der Waals surface area contributed by atoms with E-state index in [-0.39, 0.29) is 16.4 Å². The molecule has 2 N–H and O–H groups in total. The van der Waals surface area contributed by atoms with Gasteiger partial charge in [0.1, 0.15) is 5.82 Å². The number of carbonyl (C=O) groups excluding carboxylic acids is 1. The molecule has 1 amide bonds. The van der Waals surface area contributed by atoms with E-state index in [0.717, 1.165) is 23.4 Å². The van der Waals surface area contributed by atoms with E-state index in [9.17, 15) is 14.0 Å². The number of thioether (sulfide) groups is 1. The average molecular weight is 407 g/mol. The molecule has 0 aliphatic heterocycles. The third-order valence-corrected chi connectivity index (χ3v) is 5.07. The van der Waals surface area contributed by atoms with E-state index >= 15 is 0 Å². The van der Waals surface area contributed by atoms with E-state index in [0.29, 0.717) is 11.7 Å². The van der Waals surface area contributed by atoms with Crippen LogP contribution in [0.3, 0.4) is 0 Å². The number of H-pyrrole nitrogens is 1. The first-order valence-corrected chi connectivity index (χ1v) is 9.31. The number of hydrogen-bond acceptors (Lipinski definition) is 4. The molecule has 0 saturated heterocycles. The molecule has 3 rings (SSSR count). The summed E-state index contributed by atoms with van der Waals surface area (Å²) < 4.78 is 15.3. The van der Waals surface area contributed by atoms with Crippen molar-refractivity contribution in [2.24, 2.45) is 0 Å². The van der Waals surface area contributed by atoms with E-state index in [2.05, 4.69) is 15.5 Å². The largest absolute Gasteiger partial charge is 0.344 e. The lowest BCUT2D eigenvalue weighted by Crippen LogP contribution is -2.24. The Morgan fingerprint density at radius 1 is 1.33 bits per heavy atom. The molecule has 2 aromatic carbocycles. The number of rotatable bonds is 6. The Bertz CT molecular complexity index is 1010. The number of hydrogen-bond donors (Lipinski definition) is 2. The molecule has 6 nitrogen and oxygen atoms in total. The number of carbonyl (C=O) groups is 1. The van der Waals surface area contributed by atoms with Crippen LogP contribution < -0.4 is 11.0 Å². The van der Waals surface area contributed by atoms with Gasteiger partial charge >= 0.3 is 5.69 Å². The molecule has 0 fully saturated rings. The Balaban J connectivity index is 1.71. The number of nitrogens with zero attached hydrogens (tertiary/aromatic N) is 2. The molecular formula is C18H16ClFN4O2S. The van der Waals surface area contributed by atoms with Gasteiger partial charge in [-0.3, -0.25) is 9.36 Å². The zero-order valence-corrected chi connectivity index (χ0v) is 15.9. The molecular weight excluding hydrogens is 391 g/mol. The first kappa shape index (κ1) is 19.2. The molecule has 1 atom stereocenters. The Labute approximate surface area is 163 Å². The number of amides is 1. The molecule has 140 valence electrons. The monoisotopic (exact) mass is 406 g/mol. The SMILES string of the molecule is CC(Sc1n[nH]c(=O)n1Cc1ccccc1)C(=O)Nc1ccc(Cl)cc1F. The fourth-order valence-corrected chi connectivity index (χ4v) is 3.35. The Kier molecular flexibility index (Phi) is 5.98. The minimum Gasteiger partial charge on any atom is -0.323 e. The van der Waals surface area contributed by atoms with Crippen molar-refractivity contribution in [3.05, 3.63) is 75.4 Å². The van der Waals surface area contributed by atoms with Gasteiger partial charge in [0.2, 0.25) is 5.91 Å². The molecule has 1 heterocycles. The summed E-state index contributed by atoms with van der Waals surface area (Å²) in [4.78, 5) is 24.4. The summed E-state index contributed by atoms with van der Waals surface area (Å²) in [5, 5.41) is 8.91. The summed E-state index contributed by atoms with van der Waals surface area (Å²) in [6.45, 7) is 1.98. The Morgan fingerprint density at radius 2 is 2.07 bits per heavy atom. The molecule has 9 heteroatoms. The van der Waals surface area contributed by atoms with Crippen LogP contribution in [0.1, 0.15) is 12.5 Å². The summed E-state index contributed by atoms with van der Waals surface area (Å²) in [6, 6.07) is 13.4. The third kappa shape index (κ3) is 4.78. The predicted octanol–water partition coefficient (Wildman–Crippen LogP) is 3.53. The Morgan fingerprint density at radius 3 is 2.78 bits per heavy atom. The van der Waals surface area contributed by atoms with Gasteiger partial charge in [-0.1, -0.05) is 53.7 Å². The maximum absolute atomic E-state index is 13.8. The van der Waals surface area contributed by atoms with Crippen LogP contribution in [0.4, 0.5) is 10.1 Å². The van der Waals surface area contributed by atoms with Crippen LogP contribution in [0.5, 0.6) is 0 Å². The second-order valence-electron chi connectivity index (χ2n) is 5.76. The molecule has 1 unspecified atom stereocenters. The lowest BCUT2D eigenvalue weighted by molar-refractivity contribution is -0.115. The second kappa shape index (κ2) is 8.41. The number of anilines is 1. The van der Waals surface area contributed by atoms with Crippen LogP contribution in [0, 0.1) is 5.82 Å². The van der Waals surface area contributed by atoms with E-state index in [4.69, 9.17) is 11.6 Å². The van der Waals surface area contributed by atoms with Crippen molar-refractivity contribution < 1.29 is 9.18 Å². The van der Waals surface area contributed by atoms with Crippen molar-refractivity contribution in [3.63, 3.8) is 0 Å². The van der Waals surface area contributed by atoms with Gasteiger partial charge in [0.05, 0.1) is 17.5 Å². The molecule has 0 saturated carbocycles. The number of aromatic nitrogens is 3. The fourth-order valence-electron chi connectivity index (χ4n) is 2.34. The van der Waals surface area contributed by atoms with E-state index in [1.54, 1.807) is 6.92 Å². The highest BCUT2D eigenvalue weighted by atomic mass is 35.5. The fraction of sp³-hybridized carbons (Fsp3) is 0.167. The lowest BCUT2D eigenvalue weighted by Gasteiger charge is -2.13. The molecule has 0 bridgehead atoms. The zero-order valence-electron chi connectivity index (χ0n) is 14.3. The molecule has 3 aromatic rings. The van der Waals surface area contributed by atoms with Crippen LogP contribution in [0.25, 0.3) is 0 Å². The standard InChI is InChI=1S/C18H16ClFN4O2S/c1-11(16(25)21-15-8-7-13(19)9-14(15)20)27-18-23-22-17(26)24(18)10-12-5-3-2-4-6-12/h2-9,11H,10H2,1H3,(H,21,25)(H,22,26). The van der Waals surface area contributed by atoms with Crippen molar-refractivity contribution in [2.45, 2.75) is 23.9 Å². The van der Waals surface area contributed by atoms with E-state index in [1.165, 1.54) is 16.7 Å². The Hall–Kier alpha value is -2.58. The van der Waals surface area contributed by atoms with Gasteiger partial charge in [0.25, 0.3) is 0 Å². The van der Waals surface area contributed by atoms with Crippen LogP contribution in [0.15, 0.2) is 58.5 Å². The lowest BCUT2D eigenvalue weighted by atomic mass is 10.2. The first-order valence-electron chi connectivity index (χ1n) is 8.05. The highest BCUT2D eigenvalue weighted by Crippen LogP contribution is 2.24. The number of benzene rings is 2. The first-order chi connectivity index (χ1) is 12.9. The molecule has 0 spiro atoms. The maximum Gasteiger partial charge on any atom is 0.344 e. The van der Waals surface area contributed by atoms with Crippen LogP contribution >= 0.6 is 23.4 Å². The van der Waals surface area contributed by atoms with Gasteiger partial charge in [0.15, 0.2) is 5.16 Å². The third-order valence-electron chi connectivity index (χ3n) is 3.75. The van der Waals surface area contributed by atoms with Crippen LogP contribution in [-0.2, 0) is 11.3 Å². The average Bonchev–Trinajstić information content (AvgIpc) is 2.98. The normalized spacial score (nSPS) is 12.0. The van der Waals surface area contributed by atoms with E-state index < -0.39 is 17.0 Å². The molecule has 0 aliphatic carbocycles. The zero-order chi connectivity index (χ0) is 19.4. The van der Waals surface area contributed by atoms with Crippen LogP contribution in [0.2, 0.25) is 5.02 Å². The quantitative estimate of drug-likeness (QED) is 0.614. The minimum absolute atomic E-state index is 0.0422. The van der Waals surface area contributed by atoms with Gasteiger partial charge < -0.3 is 5.32 Å². The summed E-state index contributed by atoms with van der Waals surface area (Å²) >= 11 is 6.82. The van der Waals surface area contributed by atoms with Crippen molar-refractivity contribution in [1.82, 2.24) is 14.8 Å². The molecule has 1 aromatic heterocycles. The predicted molar refractivity (Wildman–Crippen MR) is 104 cm³/mol. The van der Waals surface area contributed by atoms with Crippen molar-refractivity contribution >= 4 is 35.0 Å². The van der Waals surface area contributed by atoms with Crippen LogP contribution in [-0.4, -0.2) is 25.9 Å². The van der Waals surface area contributed by atoms with Crippen molar-refractivity contribution in [2.75, 3.05) is 5.32 Å². The summed E-state index contributed by atoms with van der Waals surface area (Å²) in [5.41, 5.74) is 0.612. The number of halogens is 2. The van der Waals surface area contributed by atoms with Gasteiger partial charge in [-0.15, -0.1) is 5.10 Å². The van der Waals surface area contributed by atoms with Gasteiger partial charge in [-0.2, -0.15) is 0 Å². The number of nitrogens with one attached hydrogen (secondary N) is 2. The van der Waals surface area contributed by atoms with E-state index in [1.807, 2.05) is 30.3 Å². The van der Waals surface area contributed by atoms with Crippen molar-refractivity contribution in [3.8, 4) is 0 Å². The van der Waals surface area contributed by atoms with Gasteiger partial charge in [0, 0.05) is 5.02 Å². The highest BCUT2D eigenvalue weighted by Gasteiger charge is 2.20. The topological polar surface area (TPSA) is 79.8 Å². The number of aromatic amines is 1. The summed E-state index contributed by atoms with van der Waals surface area (Å²) in [6.07, 6.45) is 0. The highest BCUT2D eigenvalue weighted by molar-refractivity contribution is 8.00. The van der Waals surface area contributed by atoms with Crippen molar-refractivity contribution in [1.29, 1.82) is 0 Å². The maximum atomic E-state index is 13.8. The molecule has 27 heavy (non-hydrogen) atoms. The minimum atomic E-state index is -0.617. The second-order valence-corrected chi connectivity index (χ2v) is 7.50. The van der Waals surface area contributed by atoms with Gasteiger partial charge in [-0.25, -0.2) is 14.3 Å². The van der Waals surface area contributed by atoms with Gasteiger partial charge in [-0.05, 0) is 30.7 Å². The molecule has 0 radical (unpaired) electrons. The molecule has 0 aliphatic rings.